The van der Waals surface area contributed by atoms with Crippen molar-refractivity contribution in [3.05, 3.63) is 228 Å². The molecule has 0 aromatic heterocycles. The van der Waals surface area contributed by atoms with E-state index in [0.717, 1.165) is 39.7 Å². The molecule has 1 aliphatic rings. The molecule has 0 heterocycles. The topological polar surface area (TPSA) is 6.48 Å². The monoisotopic (exact) mass is 720 g/mol. The van der Waals surface area contributed by atoms with Gasteiger partial charge in [0.1, 0.15) is 0 Å². The van der Waals surface area contributed by atoms with Gasteiger partial charge in [-0.05, 0) is 130 Å². The lowest BCUT2D eigenvalue weighted by molar-refractivity contribution is 0.660. The average Bonchev–Trinajstić information content (AvgIpc) is 3.47. The summed E-state index contributed by atoms with van der Waals surface area (Å²) in [6.07, 6.45) is 4.47. The number of anilines is 6. The van der Waals surface area contributed by atoms with Crippen LogP contribution in [-0.4, -0.2) is 0 Å². The van der Waals surface area contributed by atoms with Crippen molar-refractivity contribution in [2.45, 2.75) is 26.2 Å². The molecule has 8 aromatic rings. The summed E-state index contributed by atoms with van der Waals surface area (Å²) in [6, 6.07) is 72.2. The van der Waals surface area contributed by atoms with E-state index in [2.05, 4.69) is 243 Å². The SMILES string of the molecule is Cc1cccc(N(c2ccc(/C=C/c3ccc4c(c3)C(C)(C)c3cc(N(c5ccccc5)c5ccccc5)ccc3-4)cc2)c2ccc(-c3ccccc3)cc2)c1. The van der Waals surface area contributed by atoms with Crippen LogP contribution in [0.2, 0.25) is 0 Å². The lowest BCUT2D eigenvalue weighted by atomic mass is 9.81. The molecule has 270 valence electrons. The molecule has 0 aliphatic heterocycles. The zero-order valence-electron chi connectivity index (χ0n) is 32.1. The Labute approximate surface area is 331 Å². The molecule has 0 atom stereocenters. The predicted molar refractivity (Wildman–Crippen MR) is 239 cm³/mol. The van der Waals surface area contributed by atoms with E-state index in [1.807, 2.05) is 0 Å². The maximum absolute atomic E-state index is 2.39. The second-order valence-corrected chi connectivity index (χ2v) is 15.2. The van der Waals surface area contributed by atoms with Gasteiger partial charge in [0, 0.05) is 39.5 Å². The summed E-state index contributed by atoms with van der Waals surface area (Å²) in [5, 5.41) is 0. The molecule has 56 heavy (non-hydrogen) atoms. The van der Waals surface area contributed by atoms with Crippen molar-refractivity contribution < 1.29 is 0 Å². The largest absolute Gasteiger partial charge is 0.310 e. The van der Waals surface area contributed by atoms with Gasteiger partial charge in [0.2, 0.25) is 0 Å². The molecular weight excluding hydrogens is 677 g/mol. The van der Waals surface area contributed by atoms with E-state index in [1.165, 1.54) is 44.5 Å². The number of rotatable bonds is 9. The van der Waals surface area contributed by atoms with Gasteiger partial charge in [0.25, 0.3) is 0 Å². The standard InChI is InChI=1S/C54H44N2/c1-39-14-13-21-48(36-39)56(47-31-27-43(28-32-47)42-15-7-4-8-16-42)46-29-24-40(25-30-46)22-23-41-26-34-50-51-35-33-49(38-53(51)54(2,3)52(50)37-41)55(44-17-9-5-10-18-44)45-19-11-6-12-20-45/h4-38H,1-3H3/b23-22+. The third-order valence-corrected chi connectivity index (χ3v) is 11.1. The van der Waals surface area contributed by atoms with Gasteiger partial charge < -0.3 is 9.80 Å². The first kappa shape index (κ1) is 34.8. The highest BCUT2D eigenvalue weighted by molar-refractivity contribution is 5.87. The van der Waals surface area contributed by atoms with Crippen molar-refractivity contribution >= 4 is 46.3 Å². The zero-order chi connectivity index (χ0) is 38.1. The normalized spacial score (nSPS) is 12.6. The van der Waals surface area contributed by atoms with E-state index in [9.17, 15) is 0 Å². The number of aryl methyl sites for hydroxylation is 1. The summed E-state index contributed by atoms with van der Waals surface area (Å²) >= 11 is 0. The van der Waals surface area contributed by atoms with Gasteiger partial charge in [-0.1, -0.05) is 153 Å². The van der Waals surface area contributed by atoms with Crippen LogP contribution in [0.1, 0.15) is 41.7 Å². The minimum atomic E-state index is -0.149. The number of hydrogen-bond donors (Lipinski definition) is 0. The zero-order valence-corrected chi connectivity index (χ0v) is 32.1. The molecule has 0 amide bonds. The Morgan fingerprint density at radius 2 is 0.786 bits per heavy atom. The molecule has 0 saturated heterocycles. The first-order chi connectivity index (χ1) is 27.4. The highest BCUT2D eigenvalue weighted by Crippen LogP contribution is 2.51. The quantitative estimate of drug-likeness (QED) is 0.137. The van der Waals surface area contributed by atoms with Crippen LogP contribution in [0.15, 0.2) is 200 Å². The van der Waals surface area contributed by atoms with Gasteiger partial charge in [-0.3, -0.25) is 0 Å². The van der Waals surface area contributed by atoms with Crippen LogP contribution in [0.4, 0.5) is 34.1 Å². The Morgan fingerprint density at radius 1 is 0.357 bits per heavy atom. The van der Waals surface area contributed by atoms with Crippen molar-refractivity contribution in [3.8, 4) is 22.3 Å². The Balaban J connectivity index is 0.984. The summed E-state index contributed by atoms with van der Waals surface area (Å²) in [7, 11) is 0. The van der Waals surface area contributed by atoms with Crippen LogP contribution in [0.3, 0.4) is 0 Å². The van der Waals surface area contributed by atoms with Gasteiger partial charge in [0.05, 0.1) is 0 Å². The van der Waals surface area contributed by atoms with Crippen LogP contribution < -0.4 is 9.80 Å². The molecule has 0 fully saturated rings. The predicted octanol–water partition coefficient (Wildman–Crippen LogP) is 15.1. The van der Waals surface area contributed by atoms with E-state index in [-0.39, 0.29) is 5.41 Å². The molecule has 0 bridgehead atoms. The fourth-order valence-electron chi connectivity index (χ4n) is 8.16. The molecule has 0 saturated carbocycles. The third-order valence-electron chi connectivity index (χ3n) is 11.1. The summed E-state index contributed by atoms with van der Waals surface area (Å²) in [5.74, 6) is 0. The van der Waals surface area contributed by atoms with Crippen molar-refractivity contribution in [2.75, 3.05) is 9.80 Å². The maximum Gasteiger partial charge on any atom is 0.0465 e. The summed E-state index contributed by atoms with van der Waals surface area (Å²) in [5.41, 5.74) is 18.1. The molecular formula is C54H44N2. The molecule has 2 nitrogen and oxygen atoms in total. The maximum atomic E-state index is 2.39. The first-order valence-electron chi connectivity index (χ1n) is 19.4. The average molecular weight is 721 g/mol. The Bertz CT molecular complexity index is 2600. The molecule has 2 heteroatoms. The van der Waals surface area contributed by atoms with Gasteiger partial charge in [-0.2, -0.15) is 0 Å². The minimum absolute atomic E-state index is 0.149. The second kappa shape index (κ2) is 14.7. The number of para-hydroxylation sites is 2. The van der Waals surface area contributed by atoms with Crippen molar-refractivity contribution in [1.82, 2.24) is 0 Å². The van der Waals surface area contributed by atoms with Crippen molar-refractivity contribution in [3.63, 3.8) is 0 Å². The van der Waals surface area contributed by atoms with Gasteiger partial charge >= 0.3 is 0 Å². The number of hydrogen-bond acceptors (Lipinski definition) is 2. The van der Waals surface area contributed by atoms with E-state index in [4.69, 9.17) is 0 Å². The minimum Gasteiger partial charge on any atom is -0.310 e. The van der Waals surface area contributed by atoms with Crippen molar-refractivity contribution in [1.29, 1.82) is 0 Å². The molecule has 0 unspecified atom stereocenters. The molecule has 0 N–H and O–H groups in total. The smallest absolute Gasteiger partial charge is 0.0465 e. The molecule has 0 spiro atoms. The highest BCUT2D eigenvalue weighted by Gasteiger charge is 2.36. The number of nitrogens with zero attached hydrogens (tertiary/aromatic N) is 2. The van der Waals surface area contributed by atoms with E-state index < -0.39 is 0 Å². The molecule has 8 aromatic carbocycles. The summed E-state index contributed by atoms with van der Waals surface area (Å²) in [6.45, 7) is 6.87. The summed E-state index contributed by atoms with van der Waals surface area (Å²) < 4.78 is 0. The van der Waals surface area contributed by atoms with Crippen LogP contribution >= 0.6 is 0 Å². The first-order valence-corrected chi connectivity index (χ1v) is 19.4. The Kier molecular flexibility index (Phi) is 9.17. The second-order valence-electron chi connectivity index (χ2n) is 15.2. The lowest BCUT2D eigenvalue weighted by Crippen LogP contribution is -2.16. The molecule has 1 aliphatic carbocycles. The highest BCUT2D eigenvalue weighted by atomic mass is 15.1. The van der Waals surface area contributed by atoms with Crippen LogP contribution in [0.25, 0.3) is 34.4 Å². The summed E-state index contributed by atoms with van der Waals surface area (Å²) in [4.78, 5) is 4.68. The fraction of sp³-hybridized carbons (Fsp3) is 0.0741. The molecule has 0 radical (unpaired) electrons. The van der Waals surface area contributed by atoms with Gasteiger partial charge in [-0.25, -0.2) is 0 Å². The van der Waals surface area contributed by atoms with Gasteiger partial charge in [0.15, 0.2) is 0 Å². The number of fused-ring (bicyclic) bond motifs is 3. The van der Waals surface area contributed by atoms with Crippen LogP contribution in [-0.2, 0) is 5.41 Å². The van der Waals surface area contributed by atoms with E-state index in [0.29, 0.717) is 0 Å². The van der Waals surface area contributed by atoms with E-state index in [1.54, 1.807) is 0 Å². The number of benzene rings is 8. The van der Waals surface area contributed by atoms with Crippen molar-refractivity contribution in [2.24, 2.45) is 0 Å². The van der Waals surface area contributed by atoms with Crippen LogP contribution in [0, 0.1) is 6.92 Å². The Hall–Kier alpha value is -6.90. The molecule has 9 rings (SSSR count). The van der Waals surface area contributed by atoms with Crippen LogP contribution in [0.5, 0.6) is 0 Å². The third kappa shape index (κ3) is 6.71. The fourth-order valence-corrected chi connectivity index (χ4v) is 8.16. The lowest BCUT2D eigenvalue weighted by Gasteiger charge is -2.28. The van der Waals surface area contributed by atoms with Gasteiger partial charge in [-0.15, -0.1) is 0 Å². The van der Waals surface area contributed by atoms with E-state index >= 15 is 0 Å². The Morgan fingerprint density at radius 3 is 1.39 bits per heavy atom.